The first-order chi connectivity index (χ1) is 9.83. The van der Waals surface area contributed by atoms with Crippen LogP contribution in [0.25, 0.3) is 0 Å². The van der Waals surface area contributed by atoms with E-state index in [2.05, 4.69) is 11.8 Å². The Balaban J connectivity index is 1.96. The van der Waals surface area contributed by atoms with E-state index >= 15 is 0 Å². The summed E-state index contributed by atoms with van der Waals surface area (Å²) in [7, 11) is 1.63. The normalized spacial score (nSPS) is 9.70. The summed E-state index contributed by atoms with van der Waals surface area (Å²) in [6.45, 7) is 0.592. The molecule has 20 heavy (non-hydrogen) atoms. The number of para-hydroxylation sites is 2. The maximum absolute atomic E-state index is 8.68. The molecule has 0 spiro atoms. The van der Waals surface area contributed by atoms with Gasteiger partial charge in [-0.05, 0) is 24.3 Å². The van der Waals surface area contributed by atoms with Crippen LogP contribution < -0.4 is 9.47 Å². The van der Waals surface area contributed by atoms with E-state index in [4.69, 9.17) is 14.6 Å². The lowest BCUT2D eigenvalue weighted by atomic mass is 10.3. The number of methoxy groups -OCH3 is 1. The molecule has 1 aromatic heterocycles. The highest BCUT2D eigenvalue weighted by Crippen LogP contribution is 2.27. The molecule has 0 aliphatic carbocycles. The molecule has 0 aliphatic heterocycles. The average molecular weight is 288 g/mol. The van der Waals surface area contributed by atoms with Crippen molar-refractivity contribution in [2.75, 3.05) is 13.7 Å². The molecule has 0 unspecified atom stereocenters. The van der Waals surface area contributed by atoms with E-state index in [0.717, 1.165) is 21.3 Å². The van der Waals surface area contributed by atoms with Crippen LogP contribution in [0.2, 0.25) is 0 Å². The van der Waals surface area contributed by atoms with Gasteiger partial charge in [-0.3, -0.25) is 0 Å². The monoisotopic (exact) mass is 288 g/mol. The molecule has 4 heteroatoms. The summed E-state index contributed by atoms with van der Waals surface area (Å²) >= 11 is 1.59. The molecule has 0 bridgehead atoms. The quantitative estimate of drug-likeness (QED) is 0.859. The van der Waals surface area contributed by atoms with Crippen molar-refractivity contribution in [2.24, 2.45) is 0 Å². The molecule has 0 saturated carbocycles. The van der Waals surface area contributed by atoms with Crippen molar-refractivity contribution in [3.05, 3.63) is 46.2 Å². The van der Waals surface area contributed by atoms with Gasteiger partial charge in [0.15, 0.2) is 11.5 Å². The van der Waals surface area contributed by atoms with Crippen LogP contribution in [0, 0.1) is 11.8 Å². The van der Waals surface area contributed by atoms with E-state index in [-0.39, 0.29) is 6.61 Å². The first-order valence-corrected chi connectivity index (χ1v) is 7.09. The number of ether oxygens (including phenoxy) is 2. The second-order valence-electron chi connectivity index (χ2n) is 3.98. The maximum Gasteiger partial charge on any atom is 0.161 e. The Hall–Kier alpha value is -1.96. The van der Waals surface area contributed by atoms with Crippen molar-refractivity contribution in [3.63, 3.8) is 0 Å². The Morgan fingerprint density at radius 1 is 1.15 bits per heavy atom. The third-order valence-electron chi connectivity index (χ3n) is 2.55. The minimum absolute atomic E-state index is 0.0994. The van der Waals surface area contributed by atoms with E-state index in [1.54, 1.807) is 18.4 Å². The van der Waals surface area contributed by atoms with E-state index in [9.17, 15) is 0 Å². The molecular formula is C16H16O3S. The Kier molecular flexibility index (Phi) is 5.48. The van der Waals surface area contributed by atoms with Gasteiger partial charge >= 0.3 is 0 Å². The fourth-order valence-corrected chi connectivity index (χ4v) is 2.41. The average Bonchev–Trinajstić information content (AvgIpc) is 2.93. The Morgan fingerprint density at radius 3 is 2.70 bits per heavy atom. The topological polar surface area (TPSA) is 38.7 Å². The zero-order chi connectivity index (χ0) is 14.2. The second-order valence-corrected chi connectivity index (χ2v) is 5.15. The van der Waals surface area contributed by atoms with Crippen LogP contribution in [0.4, 0.5) is 0 Å². The highest BCUT2D eigenvalue weighted by molar-refractivity contribution is 7.12. The molecule has 0 saturated heterocycles. The van der Waals surface area contributed by atoms with Crippen molar-refractivity contribution in [1.29, 1.82) is 0 Å². The summed E-state index contributed by atoms with van der Waals surface area (Å²) in [5.41, 5.74) is 0. The number of hydrogen-bond acceptors (Lipinski definition) is 4. The van der Waals surface area contributed by atoms with Gasteiger partial charge in [-0.25, -0.2) is 0 Å². The van der Waals surface area contributed by atoms with E-state index in [1.165, 1.54) is 0 Å². The minimum atomic E-state index is 0.0994. The van der Waals surface area contributed by atoms with Gasteiger partial charge in [-0.15, -0.1) is 11.3 Å². The lowest BCUT2D eigenvalue weighted by Crippen LogP contribution is -1.95. The van der Waals surface area contributed by atoms with Gasteiger partial charge in [0.05, 0.1) is 18.6 Å². The standard InChI is InChI=1S/C16H16O3S/c1-18-15-7-2-3-8-16(15)19-12-14-10-9-13(20-14)6-4-5-11-17/h2-3,7-10,17H,5,11-12H2,1H3. The Labute approximate surface area is 122 Å². The van der Waals surface area contributed by atoms with Gasteiger partial charge in [0.1, 0.15) is 6.61 Å². The number of aliphatic hydroxyl groups excluding tert-OH is 1. The summed E-state index contributed by atoms with van der Waals surface area (Å²) in [6.07, 6.45) is 0.505. The van der Waals surface area contributed by atoms with Crippen LogP contribution in [0.1, 0.15) is 16.2 Å². The van der Waals surface area contributed by atoms with E-state index < -0.39 is 0 Å². The molecular weight excluding hydrogens is 272 g/mol. The fourth-order valence-electron chi connectivity index (χ4n) is 1.62. The van der Waals surface area contributed by atoms with Crippen LogP contribution in [0.5, 0.6) is 11.5 Å². The number of rotatable bonds is 5. The number of benzene rings is 1. The van der Waals surface area contributed by atoms with Gasteiger partial charge in [0.25, 0.3) is 0 Å². The molecule has 3 nitrogen and oxygen atoms in total. The SMILES string of the molecule is COc1ccccc1OCc1ccc(C#CCCO)s1. The molecule has 2 rings (SSSR count). The van der Waals surface area contributed by atoms with Crippen LogP contribution in [-0.4, -0.2) is 18.8 Å². The predicted molar refractivity (Wildman–Crippen MR) is 80.2 cm³/mol. The largest absolute Gasteiger partial charge is 0.493 e. The second kappa shape index (κ2) is 7.59. The van der Waals surface area contributed by atoms with Crippen LogP contribution in [-0.2, 0) is 6.61 Å². The fraction of sp³-hybridized carbons (Fsp3) is 0.250. The molecule has 1 N–H and O–H groups in total. The van der Waals surface area contributed by atoms with Crippen LogP contribution in [0.15, 0.2) is 36.4 Å². The summed E-state index contributed by atoms with van der Waals surface area (Å²) in [4.78, 5) is 2.08. The van der Waals surface area contributed by atoms with Crippen molar-refractivity contribution in [2.45, 2.75) is 13.0 Å². The van der Waals surface area contributed by atoms with Crippen LogP contribution in [0.3, 0.4) is 0 Å². The molecule has 0 amide bonds. The molecule has 0 fully saturated rings. The van der Waals surface area contributed by atoms with Crippen molar-refractivity contribution in [1.82, 2.24) is 0 Å². The van der Waals surface area contributed by atoms with Gasteiger partial charge in [0, 0.05) is 11.3 Å². The highest BCUT2D eigenvalue weighted by Gasteiger charge is 2.04. The summed E-state index contributed by atoms with van der Waals surface area (Å²) < 4.78 is 11.0. The first kappa shape index (κ1) is 14.4. The first-order valence-electron chi connectivity index (χ1n) is 6.27. The molecule has 2 aromatic rings. The smallest absolute Gasteiger partial charge is 0.161 e. The highest BCUT2D eigenvalue weighted by atomic mass is 32.1. The number of hydrogen-bond donors (Lipinski definition) is 1. The molecule has 0 aliphatic rings. The molecule has 0 atom stereocenters. The zero-order valence-corrected chi connectivity index (χ0v) is 12.1. The predicted octanol–water partition coefficient (Wildman–Crippen LogP) is 3.07. The number of aliphatic hydroxyl groups is 1. The minimum Gasteiger partial charge on any atom is -0.493 e. The third kappa shape index (κ3) is 4.02. The molecule has 1 heterocycles. The van der Waals surface area contributed by atoms with Gasteiger partial charge < -0.3 is 14.6 Å². The molecule has 1 aromatic carbocycles. The van der Waals surface area contributed by atoms with Crippen LogP contribution >= 0.6 is 11.3 Å². The van der Waals surface area contributed by atoms with Gasteiger partial charge in [0.2, 0.25) is 0 Å². The van der Waals surface area contributed by atoms with Gasteiger partial charge in [-0.2, -0.15) is 0 Å². The lowest BCUT2D eigenvalue weighted by Gasteiger charge is -2.08. The van der Waals surface area contributed by atoms with Gasteiger partial charge in [-0.1, -0.05) is 24.0 Å². The number of thiophene rings is 1. The van der Waals surface area contributed by atoms with Crippen molar-refractivity contribution < 1.29 is 14.6 Å². The molecule has 104 valence electrons. The summed E-state index contributed by atoms with van der Waals surface area (Å²) in [5.74, 6) is 7.38. The third-order valence-corrected chi connectivity index (χ3v) is 3.52. The summed E-state index contributed by atoms with van der Waals surface area (Å²) in [6, 6.07) is 11.5. The van der Waals surface area contributed by atoms with E-state index in [1.807, 2.05) is 36.4 Å². The lowest BCUT2D eigenvalue weighted by molar-refractivity contribution is 0.287. The molecule has 0 radical (unpaired) electrons. The zero-order valence-electron chi connectivity index (χ0n) is 11.3. The maximum atomic E-state index is 8.68. The Bertz CT molecular complexity index is 607. The summed E-state index contributed by atoms with van der Waals surface area (Å²) in [5, 5.41) is 8.68. The van der Waals surface area contributed by atoms with Crippen molar-refractivity contribution in [3.8, 4) is 23.3 Å². The Morgan fingerprint density at radius 2 is 1.95 bits per heavy atom. The van der Waals surface area contributed by atoms with Crippen molar-refractivity contribution >= 4 is 11.3 Å². The van der Waals surface area contributed by atoms with E-state index in [0.29, 0.717) is 13.0 Å².